The van der Waals surface area contributed by atoms with Crippen LogP contribution in [0.1, 0.15) is 45.7 Å². The average Bonchev–Trinajstić information content (AvgIpc) is 2.86. The molecule has 1 aliphatic rings. The summed E-state index contributed by atoms with van der Waals surface area (Å²) in [6, 6.07) is 7.71. The van der Waals surface area contributed by atoms with E-state index in [0.29, 0.717) is 6.42 Å². The molecular formula is C29H48N4O8. The molecule has 4 N–H and O–H groups in total. The molecule has 1 unspecified atom stereocenters. The minimum absolute atomic E-state index is 0.0330. The highest BCUT2D eigenvalue weighted by Gasteiger charge is 2.27. The Morgan fingerprint density at radius 3 is 1.46 bits per heavy atom. The van der Waals surface area contributed by atoms with Crippen molar-refractivity contribution in [2.24, 2.45) is 0 Å². The fourth-order valence-electron chi connectivity index (χ4n) is 4.77. The summed E-state index contributed by atoms with van der Waals surface area (Å²) in [5.41, 5.74) is 2.10. The summed E-state index contributed by atoms with van der Waals surface area (Å²) in [4.78, 5) is 53.3. The van der Waals surface area contributed by atoms with Gasteiger partial charge in [-0.05, 0) is 23.0 Å². The first-order valence-corrected chi connectivity index (χ1v) is 14.1. The minimum atomic E-state index is -1.03. The molecule has 0 radical (unpaired) electrons. The Morgan fingerprint density at radius 1 is 0.659 bits per heavy atom. The van der Waals surface area contributed by atoms with E-state index in [4.69, 9.17) is 0 Å². The van der Waals surface area contributed by atoms with Crippen molar-refractivity contribution in [3.8, 4) is 0 Å². The summed E-state index contributed by atoms with van der Waals surface area (Å²) in [6.07, 6.45) is 0.464. The molecule has 1 heterocycles. The normalized spacial score (nSPS) is 18.8. The van der Waals surface area contributed by atoms with E-state index in [2.05, 4.69) is 20.8 Å². The second kappa shape index (κ2) is 17.7. The van der Waals surface area contributed by atoms with Crippen LogP contribution in [-0.2, 0) is 31.0 Å². The predicted octanol–water partition coefficient (Wildman–Crippen LogP) is 1.48. The standard InChI is InChI=1S/C27H42N4O8.C2H6/c1-27(2,3)21-6-4-20(5-7-21)14-22-15-30(18-25(36)37)11-10-28(16-23(32)33)8-9-29(17-24(34)35)12-13-31(22)19-26(38)39;1-2/h4-7,22H,8-19H2,1-3H3,(H,32,33)(H,34,35)(H,36,37)(H,38,39);1-2H3. The molecule has 1 saturated heterocycles. The Morgan fingerprint density at radius 2 is 1.05 bits per heavy atom. The largest absolute Gasteiger partial charge is 0.480 e. The Balaban J connectivity index is 0.00000411. The molecule has 0 aromatic heterocycles. The summed E-state index contributed by atoms with van der Waals surface area (Å²) in [5, 5.41) is 38.0. The van der Waals surface area contributed by atoms with Gasteiger partial charge in [-0.1, -0.05) is 58.9 Å². The number of rotatable bonds is 10. The fraction of sp³-hybridized carbons (Fsp3) is 0.655. The lowest BCUT2D eigenvalue weighted by molar-refractivity contribution is -0.142. The van der Waals surface area contributed by atoms with Crippen molar-refractivity contribution in [1.82, 2.24) is 19.6 Å². The van der Waals surface area contributed by atoms with Crippen molar-refractivity contribution in [3.63, 3.8) is 0 Å². The third-order valence-corrected chi connectivity index (χ3v) is 6.86. The summed E-state index contributed by atoms with van der Waals surface area (Å²) >= 11 is 0. The van der Waals surface area contributed by atoms with Crippen LogP contribution in [-0.4, -0.2) is 142 Å². The zero-order valence-corrected chi connectivity index (χ0v) is 25.1. The van der Waals surface area contributed by atoms with Gasteiger partial charge in [0.15, 0.2) is 0 Å². The second-order valence-electron chi connectivity index (χ2n) is 11.1. The molecule has 2 rings (SSSR count). The molecule has 0 spiro atoms. The second-order valence-corrected chi connectivity index (χ2v) is 11.1. The van der Waals surface area contributed by atoms with Crippen molar-refractivity contribution in [2.75, 3.05) is 72.0 Å². The fourth-order valence-corrected chi connectivity index (χ4v) is 4.77. The van der Waals surface area contributed by atoms with Gasteiger partial charge in [0, 0.05) is 51.9 Å². The molecule has 12 nitrogen and oxygen atoms in total. The van der Waals surface area contributed by atoms with E-state index >= 15 is 0 Å². The molecule has 41 heavy (non-hydrogen) atoms. The predicted molar refractivity (Wildman–Crippen MR) is 155 cm³/mol. The topological polar surface area (TPSA) is 162 Å². The van der Waals surface area contributed by atoms with Crippen LogP contribution in [0.3, 0.4) is 0 Å². The van der Waals surface area contributed by atoms with E-state index < -0.39 is 23.9 Å². The van der Waals surface area contributed by atoms with Crippen LogP contribution in [0, 0.1) is 0 Å². The number of carbonyl (C=O) groups is 4. The Bertz CT molecular complexity index is 980. The van der Waals surface area contributed by atoms with Gasteiger partial charge in [-0.25, -0.2) is 0 Å². The molecule has 232 valence electrons. The summed E-state index contributed by atoms with van der Waals surface area (Å²) in [5.74, 6) is -4.12. The van der Waals surface area contributed by atoms with Crippen LogP contribution >= 0.6 is 0 Å². The molecule has 0 saturated carbocycles. The van der Waals surface area contributed by atoms with Crippen molar-refractivity contribution < 1.29 is 39.6 Å². The molecular weight excluding hydrogens is 532 g/mol. The molecule has 1 aliphatic heterocycles. The van der Waals surface area contributed by atoms with Gasteiger partial charge in [-0.2, -0.15) is 0 Å². The third-order valence-electron chi connectivity index (χ3n) is 6.86. The quantitative estimate of drug-likeness (QED) is 0.316. The zero-order chi connectivity index (χ0) is 31.2. The zero-order valence-electron chi connectivity index (χ0n) is 25.1. The van der Waals surface area contributed by atoms with E-state index in [1.54, 1.807) is 19.6 Å². The van der Waals surface area contributed by atoms with Gasteiger partial charge < -0.3 is 20.4 Å². The SMILES string of the molecule is CC.CC(C)(C)c1ccc(CC2CN(CC(=O)O)CCN(CC(=O)O)CCN(CC(=O)O)CCN2CC(=O)O)cc1. The maximum Gasteiger partial charge on any atom is 0.317 e. The lowest BCUT2D eigenvalue weighted by Gasteiger charge is -2.37. The molecule has 0 aliphatic carbocycles. The smallest absolute Gasteiger partial charge is 0.317 e. The van der Waals surface area contributed by atoms with Crippen molar-refractivity contribution in [3.05, 3.63) is 35.4 Å². The average molecular weight is 581 g/mol. The van der Waals surface area contributed by atoms with Crippen molar-refractivity contribution >= 4 is 23.9 Å². The number of benzene rings is 1. The molecule has 1 atom stereocenters. The van der Waals surface area contributed by atoms with E-state index in [1.165, 1.54) is 0 Å². The monoisotopic (exact) mass is 580 g/mol. The van der Waals surface area contributed by atoms with E-state index in [0.717, 1.165) is 11.1 Å². The summed E-state index contributed by atoms with van der Waals surface area (Å²) in [6.45, 7) is 11.1. The maximum atomic E-state index is 11.8. The minimum Gasteiger partial charge on any atom is -0.480 e. The Hall–Kier alpha value is -3.06. The molecule has 1 aromatic rings. The molecule has 1 fully saturated rings. The van der Waals surface area contributed by atoms with Crippen LogP contribution < -0.4 is 0 Å². The van der Waals surface area contributed by atoms with Gasteiger partial charge in [0.2, 0.25) is 0 Å². The van der Waals surface area contributed by atoms with Gasteiger partial charge in [0.1, 0.15) is 0 Å². The molecule has 0 amide bonds. The summed E-state index contributed by atoms with van der Waals surface area (Å²) in [7, 11) is 0. The van der Waals surface area contributed by atoms with Gasteiger partial charge in [-0.15, -0.1) is 0 Å². The lowest BCUT2D eigenvalue weighted by atomic mass is 9.86. The van der Waals surface area contributed by atoms with Gasteiger partial charge in [0.05, 0.1) is 26.2 Å². The van der Waals surface area contributed by atoms with Crippen LogP contribution in [0.5, 0.6) is 0 Å². The van der Waals surface area contributed by atoms with Gasteiger partial charge in [-0.3, -0.25) is 38.8 Å². The first-order chi connectivity index (χ1) is 19.2. The lowest BCUT2D eigenvalue weighted by Crippen LogP contribution is -2.53. The number of hydrogen-bond acceptors (Lipinski definition) is 8. The first kappa shape index (κ1) is 36.0. The van der Waals surface area contributed by atoms with Crippen LogP contribution in [0.15, 0.2) is 24.3 Å². The number of hydrogen-bond donors (Lipinski definition) is 4. The Kier molecular flexibility index (Phi) is 15.5. The highest BCUT2D eigenvalue weighted by molar-refractivity contribution is 5.70. The van der Waals surface area contributed by atoms with Crippen LogP contribution in [0.25, 0.3) is 0 Å². The number of aliphatic carboxylic acids is 4. The number of nitrogens with zero attached hydrogens (tertiary/aromatic N) is 4. The highest BCUT2D eigenvalue weighted by Crippen LogP contribution is 2.23. The van der Waals surface area contributed by atoms with E-state index in [1.807, 2.05) is 38.1 Å². The van der Waals surface area contributed by atoms with Crippen LogP contribution in [0.4, 0.5) is 0 Å². The third kappa shape index (κ3) is 14.4. The van der Waals surface area contributed by atoms with Gasteiger partial charge in [0.25, 0.3) is 0 Å². The highest BCUT2D eigenvalue weighted by atomic mass is 16.4. The van der Waals surface area contributed by atoms with Crippen LogP contribution in [0.2, 0.25) is 0 Å². The van der Waals surface area contributed by atoms with E-state index in [-0.39, 0.29) is 83.4 Å². The first-order valence-electron chi connectivity index (χ1n) is 14.1. The van der Waals surface area contributed by atoms with Crippen molar-refractivity contribution in [2.45, 2.75) is 52.5 Å². The maximum absolute atomic E-state index is 11.8. The van der Waals surface area contributed by atoms with Crippen molar-refractivity contribution in [1.29, 1.82) is 0 Å². The van der Waals surface area contributed by atoms with E-state index in [9.17, 15) is 39.6 Å². The molecule has 1 aromatic carbocycles. The Labute approximate surface area is 243 Å². The summed E-state index contributed by atoms with van der Waals surface area (Å²) < 4.78 is 0. The van der Waals surface area contributed by atoms with Gasteiger partial charge >= 0.3 is 23.9 Å². The molecule has 0 bridgehead atoms. The number of carboxylic acids is 4. The molecule has 12 heteroatoms. The number of carboxylic acid groups (broad SMARTS) is 4.